The van der Waals surface area contributed by atoms with Crippen molar-refractivity contribution in [3.8, 4) is 0 Å². The molecule has 0 aliphatic rings. The molecule has 63 heavy (non-hydrogen) atoms. The van der Waals surface area contributed by atoms with Gasteiger partial charge in [-0.2, -0.15) is 0 Å². The van der Waals surface area contributed by atoms with Crippen LogP contribution < -0.4 is 0 Å². The summed E-state index contributed by atoms with van der Waals surface area (Å²) in [6.07, 6.45) is 70.3. The Hall–Kier alpha value is -4.45. The maximum absolute atomic E-state index is 12.7. The van der Waals surface area contributed by atoms with Crippen molar-refractivity contribution in [1.82, 2.24) is 0 Å². The smallest absolute Gasteiger partial charge is 0.306 e. The van der Waals surface area contributed by atoms with Crippen molar-refractivity contribution in [3.05, 3.63) is 134 Å². The van der Waals surface area contributed by atoms with E-state index in [1.165, 1.54) is 25.7 Å². The van der Waals surface area contributed by atoms with E-state index in [9.17, 15) is 14.4 Å². The van der Waals surface area contributed by atoms with Gasteiger partial charge in [0, 0.05) is 19.3 Å². The van der Waals surface area contributed by atoms with Crippen LogP contribution >= 0.6 is 0 Å². The van der Waals surface area contributed by atoms with Gasteiger partial charge >= 0.3 is 17.9 Å². The first-order chi connectivity index (χ1) is 31.0. The molecule has 352 valence electrons. The predicted octanol–water partition coefficient (Wildman–Crippen LogP) is 16.3. The highest BCUT2D eigenvalue weighted by molar-refractivity contribution is 5.71. The van der Waals surface area contributed by atoms with Gasteiger partial charge in [0.25, 0.3) is 0 Å². The van der Waals surface area contributed by atoms with Crippen molar-refractivity contribution < 1.29 is 28.6 Å². The summed E-state index contributed by atoms with van der Waals surface area (Å²) in [5.74, 6) is -1.04. The summed E-state index contributed by atoms with van der Waals surface area (Å²) in [5.41, 5.74) is 0. The molecule has 1 atom stereocenters. The van der Waals surface area contributed by atoms with Gasteiger partial charge in [0.15, 0.2) is 6.10 Å². The second-order valence-corrected chi connectivity index (χ2v) is 15.6. The van der Waals surface area contributed by atoms with Crippen LogP contribution in [0.2, 0.25) is 0 Å². The first-order valence-corrected chi connectivity index (χ1v) is 24.7. The predicted molar refractivity (Wildman–Crippen MR) is 269 cm³/mol. The highest BCUT2D eigenvalue weighted by atomic mass is 16.6. The average Bonchev–Trinajstić information content (AvgIpc) is 3.28. The number of rotatable bonds is 42. The molecule has 0 fully saturated rings. The Morgan fingerprint density at radius 1 is 0.333 bits per heavy atom. The lowest BCUT2D eigenvalue weighted by Gasteiger charge is -2.18. The van der Waals surface area contributed by atoms with Gasteiger partial charge < -0.3 is 14.2 Å². The molecule has 0 saturated carbocycles. The van der Waals surface area contributed by atoms with E-state index in [0.29, 0.717) is 19.3 Å². The molecule has 6 heteroatoms. The molecule has 0 amide bonds. The van der Waals surface area contributed by atoms with Gasteiger partial charge in [-0.15, -0.1) is 0 Å². The van der Waals surface area contributed by atoms with Crippen LogP contribution in [0.1, 0.15) is 188 Å². The molecule has 0 saturated heterocycles. The van der Waals surface area contributed by atoms with Crippen molar-refractivity contribution in [2.45, 2.75) is 194 Å². The summed E-state index contributed by atoms with van der Waals surface area (Å²) in [4.78, 5) is 37.7. The molecule has 0 N–H and O–H groups in total. The third-order valence-corrected chi connectivity index (χ3v) is 9.65. The molecule has 0 heterocycles. The second kappa shape index (κ2) is 50.2. The lowest BCUT2D eigenvalue weighted by molar-refractivity contribution is -0.167. The van der Waals surface area contributed by atoms with Gasteiger partial charge in [0.05, 0.1) is 0 Å². The van der Waals surface area contributed by atoms with Crippen molar-refractivity contribution in [3.63, 3.8) is 0 Å². The van der Waals surface area contributed by atoms with Crippen molar-refractivity contribution >= 4 is 17.9 Å². The first kappa shape index (κ1) is 58.6. The molecule has 0 radical (unpaired) electrons. The number of ether oxygens (including phenoxy) is 3. The minimum Gasteiger partial charge on any atom is -0.462 e. The third-order valence-electron chi connectivity index (χ3n) is 9.65. The zero-order valence-corrected chi connectivity index (χ0v) is 40.0. The van der Waals surface area contributed by atoms with Crippen LogP contribution in [0, 0.1) is 0 Å². The van der Waals surface area contributed by atoms with Crippen LogP contribution in [-0.2, 0) is 28.6 Å². The minimum atomic E-state index is -0.827. The zero-order valence-electron chi connectivity index (χ0n) is 40.0. The second-order valence-electron chi connectivity index (χ2n) is 15.6. The number of unbranched alkanes of at least 4 members (excludes halogenated alkanes) is 9. The Morgan fingerprint density at radius 2 is 0.635 bits per heavy atom. The van der Waals surface area contributed by atoms with Crippen LogP contribution in [0.3, 0.4) is 0 Å². The Balaban J connectivity index is 4.48. The largest absolute Gasteiger partial charge is 0.462 e. The zero-order chi connectivity index (χ0) is 45.8. The highest BCUT2D eigenvalue weighted by Crippen LogP contribution is 2.11. The fourth-order valence-electron chi connectivity index (χ4n) is 6.01. The third kappa shape index (κ3) is 48.4. The van der Waals surface area contributed by atoms with Gasteiger partial charge in [-0.25, -0.2) is 0 Å². The van der Waals surface area contributed by atoms with Crippen LogP contribution in [-0.4, -0.2) is 37.2 Å². The molecular weight excluding hydrogens is 781 g/mol. The Labute approximate surface area is 385 Å². The highest BCUT2D eigenvalue weighted by Gasteiger charge is 2.19. The number of hydrogen-bond donors (Lipinski definition) is 0. The Kier molecular flexibility index (Phi) is 46.7. The van der Waals surface area contributed by atoms with E-state index in [4.69, 9.17) is 14.2 Å². The van der Waals surface area contributed by atoms with Crippen LogP contribution in [0.4, 0.5) is 0 Å². The molecule has 0 aromatic heterocycles. The lowest BCUT2D eigenvalue weighted by Crippen LogP contribution is -2.30. The van der Waals surface area contributed by atoms with Crippen molar-refractivity contribution in [2.75, 3.05) is 13.2 Å². The van der Waals surface area contributed by atoms with Crippen LogP contribution in [0.25, 0.3) is 0 Å². The molecular formula is C57H88O6. The van der Waals surface area contributed by atoms with E-state index in [0.717, 1.165) is 109 Å². The lowest BCUT2D eigenvalue weighted by atomic mass is 10.1. The molecule has 0 bridgehead atoms. The number of hydrogen-bond acceptors (Lipinski definition) is 6. The normalized spacial score (nSPS) is 13.3. The molecule has 0 spiro atoms. The summed E-state index contributed by atoms with van der Waals surface area (Å²) in [6, 6.07) is 0. The molecule has 1 unspecified atom stereocenters. The van der Waals surface area contributed by atoms with Crippen LogP contribution in [0.5, 0.6) is 0 Å². The molecule has 0 aromatic carbocycles. The van der Waals surface area contributed by atoms with Gasteiger partial charge in [-0.3, -0.25) is 14.4 Å². The van der Waals surface area contributed by atoms with Crippen molar-refractivity contribution in [2.24, 2.45) is 0 Å². The van der Waals surface area contributed by atoms with E-state index in [2.05, 4.69) is 154 Å². The SMILES string of the molecule is CC/C=C\C/C=C\C/C=C\C/C=C\C/C=C\C/C=C\CCCCC(=O)OCC(COC(=O)CCCCCCCCC)OC(=O)CCC/C=C\C/C=C\C/C=C\C/C=C\C/C=C\CC. The van der Waals surface area contributed by atoms with E-state index in [1.54, 1.807) is 0 Å². The Morgan fingerprint density at radius 3 is 1.02 bits per heavy atom. The van der Waals surface area contributed by atoms with Gasteiger partial charge in [-0.1, -0.05) is 193 Å². The van der Waals surface area contributed by atoms with E-state index >= 15 is 0 Å². The molecule has 0 rings (SSSR count). The number of carbonyl (C=O) groups excluding carboxylic acids is 3. The number of allylic oxidation sites excluding steroid dienone is 22. The summed E-state index contributed by atoms with van der Waals surface area (Å²) >= 11 is 0. The standard InChI is InChI=1S/C57H88O6/c1-4-7-10-13-16-18-20-22-24-26-27-28-29-31-32-34-36-38-41-44-47-50-56(59)62-53-54(52-61-55(58)49-46-43-40-15-12-9-6-3)63-57(60)51-48-45-42-39-37-35-33-30-25-23-21-19-17-14-11-8-5-2/h7-8,10-11,16-19,22-25,27-28,31-33,35-36,38-39,42,54H,4-6,9,12-15,20-21,26,29-30,34,37,40-41,43-53H2,1-3H3/b10-7-,11-8-,18-16-,19-17-,24-22-,25-23-,28-27-,32-31-,35-33-,38-36-,42-39-. The Bertz CT molecular complexity index is 1420. The van der Waals surface area contributed by atoms with Crippen molar-refractivity contribution in [1.29, 1.82) is 0 Å². The van der Waals surface area contributed by atoms with Gasteiger partial charge in [0.1, 0.15) is 13.2 Å². The van der Waals surface area contributed by atoms with Crippen LogP contribution in [0.15, 0.2) is 134 Å². The summed E-state index contributed by atoms with van der Waals surface area (Å²) in [5, 5.41) is 0. The topological polar surface area (TPSA) is 78.9 Å². The fraction of sp³-hybridized carbons (Fsp3) is 0.561. The maximum Gasteiger partial charge on any atom is 0.306 e. The molecule has 0 aliphatic carbocycles. The summed E-state index contributed by atoms with van der Waals surface area (Å²) in [7, 11) is 0. The number of carbonyl (C=O) groups is 3. The molecule has 6 nitrogen and oxygen atoms in total. The van der Waals surface area contributed by atoms with E-state index < -0.39 is 6.10 Å². The quantitative estimate of drug-likeness (QED) is 0.0263. The van der Waals surface area contributed by atoms with Gasteiger partial charge in [0.2, 0.25) is 0 Å². The van der Waals surface area contributed by atoms with E-state index in [1.807, 2.05) is 0 Å². The molecule has 0 aromatic rings. The first-order valence-electron chi connectivity index (χ1n) is 24.7. The monoisotopic (exact) mass is 869 g/mol. The fourth-order valence-corrected chi connectivity index (χ4v) is 6.01. The molecule has 0 aliphatic heterocycles. The number of esters is 3. The van der Waals surface area contributed by atoms with E-state index in [-0.39, 0.29) is 44.0 Å². The minimum absolute atomic E-state index is 0.119. The summed E-state index contributed by atoms with van der Waals surface area (Å²) < 4.78 is 16.6. The summed E-state index contributed by atoms with van der Waals surface area (Å²) in [6.45, 7) is 6.25. The van der Waals surface area contributed by atoms with Gasteiger partial charge in [-0.05, 0) is 109 Å². The average molecular weight is 869 g/mol. The maximum atomic E-state index is 12.7.